The Balaban J connectivity index is 1.45. The molecule has 3 aromatic rings. The third-order valence-corrected chi connectivity index (χ3v) is 4.40. The predicted octanol–water partition coefficient (Wildman–Crippen LogP) is 3.74. The minimum atomic E-state index is -0.445. The van der Waals surface area contributed by atoms with Crippen molar-refractivity contribution >= 4 is 17.8 Å². The molecule has 1 aliphatic heterocycles. The fourth-order valence-corrected chi connectivity index (χ4v) is 2.89. The molecule has 3 heterocycles. The molecule has 0 fully saturated rings. The number of aromatic nitrogens is 1. The molecule has 0 N–H and O–H groups in total. The summed E-state index contributed by atoms with van der Waals surface area (Å²) in [7, 11) is 1.48. The molecule has 1 aromatic carbocycles. The number of Topliss-reactive ketones (excluding diaryl/α,β-unsaturated/α-hetero) is 1. The largest absolute Gasteiger partial charge is 0.479 e. The summed E-state index contributed by atoms with van der Waals surface area (Å²) in [4.78, 5) is 24.7. The molecular weight excluding hydrogens is 378 g/mol. The molecule has 0 amide bonds. The number of carbonyl (C=O) groups is 2. The second kappa shape index (κ2) is 7.67. The number of aryl methyl sites for hydroxylation is 1. The quantitative estimate of drug-likeness (QED) is 0.353. The zero-order valence-electron chi connectivity index (χ0n) is 15.8. The van der Waals surface area contributed by atoms with Crippen LogP contribution in [-0.4, -0.2) is 24.0 Å². The summed E-state index contributed by atoms with van der Waals surface area (Å²) >= 11 is 0. The van der Waals surface area contributed by atoms with E-state index in [2.05, 4.69) is 5.16 Å². The van der Waals surface area contributed by atoms with E-state index in [1.54, 1.807) is 37.3 Å². The third kappa shape index (κ3) is 3.77. The molecule has 1 aliphatic rings. The molecule has 29 heavy (non-hydrogen) atoms. The number of fused-ring (bicyclic) bond motifs is 1. The molecule has 8 heteroatoms. The minimum absolute atomic E-state index is 0.0955. The van der Waals surface area contributed by atoms with Gasteiger partial charge in [0.05, 0.1) is 25.4 Å². The van der Waals surface area contributed by atoms with E-state index >= 15 is 0 Å². The Kier molecular flexibility index (Phi) is 4.90. The molecule has 0 spiro atoms. The van der Waals surface area contributed by atoms with Gasteiger partial charge in [-0.3, -0.25) is 9.59 Å². The number of carbonyl (C=O) groups excluding carboxylic acids is 2. The van der Waals surface area contributed by atoms with Crippen molar-refractivity contribution in [2.75, 3.05) is 7.11 Å². The Morgan fingerprint density at radius 2 is 2.14 bits per heavy atom. The van der Waals surface area contributed by atoms with Crippen molar-refractivity contribution in [3.63, 3.8) is 0 Å². The van der Waals surface area contributed by atoms with E-state index in [-0.39, 0.29) is 18.0 Å². The van der Waals surface area contributed by atoms with E-state index in [9.17, 15) is 9.59 Å². The molecule has 0 unspecified atom stereocenters. The number of nitrogens with zero attached hydrogens (tertiary/aromatic N) is 1. The van der Waals surface area contributed by atoms with Crippen LogP contribution in [0.5, 0.6) is 17.4 Å². The fraction of sp³-hybridized carbons (Fsp3) is 0.190. The average Bonchev–Trinajstić information content (AvgIpc) is 3.45. The van der Waals surface area contributed by atoms with Crippen molar-refractivity contribution < 1.29 is 32.7 Å². The van der Waals surface area contributed by atoms with Crippen molar-refractivity contribution in [1.29, 1.82) is 0 Å². The van der Waals surface area contributed by atoms with Crippen LogP contribution in [0.1, 0.15) is 33.9 Å². The summed E-state index contributed by atoms with van der Waals surface area (Å²) in [5.74, 6) is 1.54. The van der Waals surface area contributed by atoms with Crippen LogP contribution in [0.4, 0.5) is 0 Å². The first-order valence-electron chi connectivity index (χ1n) is 8.87. The van der Waals surface area contributed by atoms with Crippen LogP contribution in [0.15, 0.2) is 51.3 Å². The topological polar surface area (TPSA) is 101 Å². The maximum atomic E-state index is 12.5. The first kappa shape index (κ1) is 18.5. The highest BCUT2D eigenvalue weighted by Crippen LogP contribution is 2.39. The summed E-state index contributed by atoms with van der Waals surface area (Å²) in [6, 6.07) is 8.21. The number of methoxy groups -OCH3 is 1. The van der Waals surface area contributed by atoms with Gasteiger partial charge in [-0.05, 0) is 36.3 Å². The number of ketones is 1. The summed E-state index contributed by atoms with van der Waals surface area (Å²) in [6.07, 6.45) is 3.46. The van der Waals surface area contributed by atoms with E-state index < -0.39 is 5.97 Å². The zero-order chi connectivity index (χ0) is 20.4. The van der Waals surface area contributed by atoms with Crippen molar-refractivity contribution in [3.8, 4) is 17.4 Å². The number of hydrogen-bond acceptors (Lipinski definition) is 8. The second-order valence-electron chi connectivity index (χ2n) is 6.33. The first-order valence-corrected chi connectivity index (χ1v) is 8.87. The SMILES string of the molecule is COc1cc(CCC(=O)Oc2ccc3c(c2C)O/C(=C\c2ccco2)C3=O)on1. The number of benzene rings is 1. The van der Waals surface area contributed by atoms with Crippen LogP contribution >= 0.6 is 0 Å². The van der Waals surface area contributed by atoms with Gasteiger partial charge in [0.15, 0.2) is 5.76 Å². The Bertz CT molecular complexity index is 1090. The van der Waals surface area contributed by atoms with Crippen LogP contribution in [-0.2, 0) is 11.2 Å². The van der Waals surface area contributed by atoms with Gasteiger partial charge in [0.1, 0.15) is 23.0 Å². The molecule has 2 aromatic heterocycles. The van der Waals surface area contributed by atoms with Gasteiger partial charge >= 0.3 is 5.97 Å². The van der Waals surface area contributed by atoms with Gasteiger partial charge in [0.2, 0.25) is 5.78 Å². The lowest BCUT2D eigenvalue weighted by molar-refractivity contribution is -0.134. The van der Waals surface area contributed by atoms with Gasteiger partial charge in [0, 0.05) is 24.1 Å². The molecule has 0 saturated carbocycles. The average molecular weight is 395 g/mol. The van der Waals surface area contributed by atoms with Gasteiger partial charge in [-0.25, -0.2) is 0 Å². The van der Waals surface area contributed by atoms with E-state index in [4.69, 9.17) is 23.2 Å². The fourth-order valence-electron chi connectivity index (χ4n) is 2.89. The molecule has 148 valence electrons. The number of allylic oxidation sites excluding steroid dienone is 1. The molecule has 0 saturated heterocycles. The van der Waals surface area contributed by atoms with Crippen molar-refractivity contribution in [1.82, 2.24) is 5.16 Å². The zero-order valence-corrected chi connectivity index (χ0v) is 15.8. The van der Waals surface area contributed by atoms with E-state index in [1.165, 1.54) is 19.4 Å². The van der Waals surface area contributed by atoms with Crippen molar-refractivity contribution in [2.45, 2.75) is 19.8 Å². The smallest absolute Gasteiger partial charge is 0.311 e. The molecule has 0 bridgehead atoms. The number of esters is 1. The maximum Gasteiger partial charge on any atom is 0.311 e. The van der Waals surface area contributed by atoms with Crippen LogP contribution in [0.3, 0.4) is 0 Å². The van der Waals surface area contributed by atoms with Crippen molar-refractivity contribution in [2.24, 2.45) is 0 Å². The summed E-state index contributed by atoms with van der Waals surface area (Å²) in [5.41, 5.74) is 0.974. The molecule has 0 aliphatic carbocycles. The minimum Gasteiger partial charge on any atom is -0.479 e. The highest BCUT2D eigenvalue weighted by molar-refractivity contribution is 6.14. The van der Waals surface area contributed by atoms with Crippen molar-refractivity contribution in [3.05, 3.63) is 65.0 Å². The van der Waals surface area contributed by atoms with Gasteiger partial charge < -0.3 is 23.2 Å². The highest BCUT2D eigenvalue weighted by atomic mass is 16.5. The van der Waals surface area contributed by atoms with Crippen LogP contribution < -0.4 is 14.2 Å². The predicted molar refractivity (Wildman–Crippen MR) is 99.8 cm³/mol. The Morgan fingerprint density at radius 1 is 1.28 bits per heavy atom. The van der Waals surface area contributed by atoms with Crippen LogP contribution in [0.25, 0.3) is 6.08 Å². The number of hydrogen-bond donors (Lipinski definition) is 0. The number of furan rings is 1. The number of ether oxygens (including phenoxy) is 3. The summed E-state index contributed by atoms with van der Waals surface area (Å²) in [6.45, 7) is 1.73. The van der Waals surface area contributed by atoms with E-state index in [1.807, 2.05) is 0 Å². The summed E-state index contributed by atoms with van der Waals surface area (Å²) < 4.78 is 26.4. The van der Waals surface area contributed by atoms with Crippen LogP contribution in [0, 0.1) is 6.92 Å². The lowest BCUT2D eigenvalue weighted by atomic mass is 10.1. The third-order valence-electron chi connectivity index (χ3n) is 4.40. The highest BCUT2D eigenvalue weighted by Gasteiger charge is 2.30. The summed E-state index contributed by atoms with van der Waals surface area (Å²) in [5, 5.41) is 3.68. The molecular formula is C21H17NO7. The van der Waals surface area contributed by atoms with Gasteiger partial charge in [-0.15, -0.1) is 0 Å². The lowest BCUT2D eigenvalue weighted by Crippen LogP contribution is -2.10. The second-order valence-corrected chi connectivity index (χ2v) is 6.33. The van der Waals surface area contributed by atoms with Gasteiger partial charge in [0.25, 0.3) is 5.88 Å². The lowest BCUT2D eigenvalue weighted by Gasteiger charge is -2.09. The van der Waals surface area contributed by atoms with Gasteiger partial charge in [-0.2, -0.15) is 0 Å². The Morgan fingerprint density at radius 3 is 2.86 bits per heavy atom. The van der Waals surface area contributed by atoms with E-state index in [0.717, 1.165) is 0 Å². The van der Waals surface area contributed by atoms with Gasteiger partial charge in [-0.1, -0.05) is 0 Å². The Hall–Kier alpha value is -3.81. The van der Waals surface area contributed by atoms with E-state index in [0.29, 0.717) is 46.4 Å². The number of rotatable bonds is 6. The standard InChI is InChI=1S/C21H17NO7/c1-12-16(27-19(23)8-5-14-11-18(25-2)22-29-14)7-6-15-20(24)17(28-21(12)15)10-13-4-3-9-26-13/h3-4,6-7,9-11H,5,8H2,1-2H3/b17-10-. The molecule has 8 nitrogen and oxygen atoms in total. The molecule has 4 rings (SSSR count). The normalized spacial score (nSPS) is 14.0. The molecule has 0 radical (unpaired) electrons. The first-order chi connectivity index (χ1) is 14.0. The Labute approximate surface area is 165 Å². The van der Waals surface area contributed by atoms with Crippen LogP contribution in [0.2, 0.25) is 0 Å². The maximum absolute atomic E-state index is 12.5. The monoisotopic (exact) mass is 395 g/mol. The molecule has 0 atom stereocenters.